The zero-order valence-corrected chi connectivity index (χ0v) is 12.8. The monoisotopic (exact) mass is 296 g/mol. The van der Waals surface area contributed by atoms with Gasteiger partial charge in [-0.25, -0.2) is 0 Å². The van der Waals surface area contributed by atoms with E-state index in [2.05, 4.69) is 10.6 Å². The number of rotatable bonds is 10. The molecule has 6 heteroatoms. The van der Waals surface area contributed by atoms with Crippen molar-refractivity contribution in [3.8, 4) is 11.5 Å². The van der Waals surface area contributed by atoms with Crippen LogP contribution in [0.15, 0.2) is 24.3 Å². The molecule has 0 saturated heterocycles. The van der Waals surface area contributed by atoms with Gasteiger partial charge in [-0.3, -0.25) is 4.79 Å². The molecule has 0 bridgehead atoms. The Bertz CT molecular complexity index is 409. The zero-order chi connectivity index (χ0) is 15.5. The summed E-state index contributed by atoms with van der Waals surface area (Å²) in [7, 11) is 3.24. The summed E-state index contributed by atoms with van der Waals surface area (Å²) in [4.78, 5) is 11.6. The number of nitrogens with one attached hydrogen (secondary N) is 2. The highest BCUT2D eigenvalue weighted by Crippen LogP contribution is 2.17. The number of amides is 1. The van der Waals surface area contributed by atoms with Crippen molar-refractivity contribution in [2.24, 2.45) is 0 Å². The van der Waals surface area contributed by atoms with Gasteiger partial charge in [-0.1, -0.05) is 0 Å². The molecule has 1 amide bonds. The summed E-state index contributed by atoms with van der Waals surface area (Å²) in [5.74, 6) is 1.47. The van der Waals surface area contributed by atoms with E-state index in [0.29, 0.717) is 19.7 Å². The molecule has 21 heavy (non-hydrogen) atoms. The molecule has 1 rings (SSSR count). The van der Waals surface area contributed by atoms with Gasteiger partial charge in [-0.15, -0.1) is 0 Å². The molecule has 0 saturated carbocycles. The maximum absolute atomic E-state index is 11.6. The normalized spacial score (nSPS) is 11.8. The molecule has 0 aliphatic carbocycles. The maximum atomic E-state index is 11.6. The summed E-state index contributed by atoms with van der Waals surface area (Å²) in [5.41, 5.74) is 0. The second-order valence-electron chi connectivity index (χ2n) is 4.58. The van der Waals surface area contributed by atoms with E-state index >= 15 is 0 Å². The lowest BCUT2D eigenvalue weighted by atomic mass is 10.3. The predicted octanol–water partition coefficient (Wildman–Crippen LogP) is 0.815. The highest BCUT2D eigenvalue weighted by atomic mass is 16.5. The molecule has 2 N–H and O–H groups in total. The van der Waals surface area contributed by atoms with E-state index in [9.17, 15) is 4.79 Å². The summed E-state index contributed by atoms with van der Waals surface area (Å²) in [6.07, 6.45) is -0.110. The summed E-state index contributed by atoms with van der Waals surface area (Å²) in [5, 5.41) is 5.79. The quantitative estimate of drug-likeness (QED) is 0.626. The average molecular weight is 296 g/mol. The predicted molar refractivity (Wildman–Crippen MR) is 80.8 cm³/mol. The number of carbonyl (C=O) groups is 1. The van der Waals surface area contributed by atoms with Gasteiger partial charge in [0.05, 0.1) is 26.8 Å². The van der Waals surface area contributed by atoms with Crippen LogP contribution in [0.3, 0.4) is 0 Å². The fourth-order valence-electron chi connectivity index (χ4n) is 1.62. The summed E-state index contributed by atoms with van der Waals surface area (Å²) in [6.45, 7) is 3.88. The first-order valence-electron chi connectivity index (χ1n) is 6.92. The van der Waals surface area contributed by atoms with Gasteiger partial charge in [-0.05, 0) is 31.2 Å². The lowest BCUT2D eigenvalue weighted by Gasteiger charge is -2.16. The lowest BCUT2D eigenvalue weighted by molar-refractivity contribution is -0.120. The highest BCUT2D eigenvalue weighted by Gasteiger charge is 2.07. The average Bonchev–Trinajstić information content (AvgIpc) is 2.50. The van der Waals surface area contributed by atoms with E-state index in [1.807, 2.05) is 31.2 Å². The second kappa shape index (κ2) is 10.0. The molecule has 1 aromatic rings. The molecule has 118 valence electrons. The van der Waals surface area contributed by atoms with Crippen LogP contribution in [0.2, 0.25) is 0 Å². The topological polar surface area (TPSA) is 68.8 Å². The third-order valence-electron chi connectivity index (χ3n) is 2.75. The summed E-state index contributed by atoms with van der Waals surface area (Å²) >= 11 is 0. The van der Waals surface area contributed by atoms with E-state index in [-0.39, 0.29) is 18.6 Å². The molecule has 0 radical (unpaired) electrons. The van der Waals surface area contributed by atoms with Crippen molar-refractivity contribution in [2.45, 2.75) is 13.0 Å². The van der Waals surface area contributed by atoms with Crippen LogP contribution in [-0.2, 0) is 9.53 Å². The van der Waals surface area contributed by atoms with Crippen molar-refractivity contribution in [3.05, 3.63) is 24.3 Å². The van der Waals surface area contributed by atoms with Gasteiger partial charge in [0, 0.05) is 13.7 Å². The van der Waals surface area contributed by atoms with Crippen LogP contribution in [0.4, 0.5) is 0 Å². The van der Waals surface area contributed by atoms with Gasteiger partial charge in [0.1, 0.15) is 17.6 Å². The van der Waals surface area contributed by atoms with Crippen LogP contribution < -0.4 is 20.1 Å². The Morgan fingerprint density at radius 3 is 2.48 bits per heavy atom. The SMILES string of the molecule is COCCNCC(=O)NCC(C)Oc1ccc(OC)cc1. The molecule has 0 heterocycles. The highest BCUT2D eigenvalue weighted by molar-refractivity contribution is 5.77. The lowest BCUT2D eigenvalue weighted by Crippen LogP contribution is -2.39. The van der Waals surface area contributed by atoms with Crippen molar-refractivity contribution in [3.63, 3.8) is 0 Å². The number of hydrogen-bond acceptors (Lipinski definition) is 5. The van der Waals surface area contributed by atoms with E-state index < -0.39 is 0 Å². The van der Waals surface area contributed by atoms with Crippen molar-refractivity contribution in [1.29, 1.82) is 0 Å². The van der Waals surface area contributed by atoms with E-state index in [4.69, 9.17) is 14.2 Å². The van der Waals surface area contributed by atoms with Gasteiger partial charge >= 0.3 is 0 Å². The molecular weight excluding hydrogens is 272 g/mol. The molecule has 1 unspecified atom stereocenters. The zero-order valence-electron chi connectivity index (χ0n) is 12.8. The van der Waals surface area contributed by atoms with Crippen LogP contribution >= 0.6 is 0 Å². The van der Waals surface area contributed by atoms with Gasteiger partial charge in [0.2, 0.25) is 5.91 Å². The first-order valence-corrected chi connectivity index (χ1v) is 6.92. The van der Waals surface area contributed by atoms with Crippen molar-refractivity contribution in [2.75, 3.05) is 40.5 Å². The number of carbonyl (C=O) groups excluding carboxylic acids is 1. The van der Waals surface area contributed by atoms with Gasteiger partial charge < -0.3 is 24.8 Å². The molecule has 0 aliphatic heterocycles. The largest absolute Gasteiger partial charge is 0.497 e. The molecule has 1 atom stereocenters. The first kappa shape index (κ1) is 17.3. The number of benzene rings is 1. The minimum Gasteiger partial charge on any atom is -0.497 e. The van der Waals surface area contributed by atoms with Crippen LogP contribution in [0, 0.1) is 0 Å². The van der Waals surface area contributed by atoms with E-state index in [0.717, 1.165) is 11.5 Å². The molecule has 0 spiro atoms. The molecule has 1 aromatic carbocycles. The Hall–Kier alpha value is -1.79. The fourth-order valence-corrected chi connectivity index (χ4v) is 1.62. The van der Waals surface area contributed by atoms with Crippen LogP contribution in [0.1, 0.15) is 6.92 Å². The molecule has 0 aliphatic rings. The second-order valence-corrected chi connectivity index (χ2v) is 4.58. The third-order valence-corrected chi connectivity index (χ3v) is 2.75. The van der Waals surface area contributed by atoms with Crippen LogP contribution in [0.25, 0.3) is 0 Å². The Kier molecular flexibility index (Phi) is 8.23. The molecule has 0 fully saturated rings. The van der Waals surface area contributed by atoms with E-state index in [1.54, 1.807) is 14.2 Å². The Labute approximate surface area is 125 Å². The number of methoxy groups -OCH3 is 2. The third kappa shape index (κ3) is 7.53. The van der Waals surface area contributed by atoms with Crippen molar-refractivity contribution >= 4 is 5.91 Å². The molecular formula is C15H24N2O4. The fraction of sp³-hybridized carbons (Fsp3) is 0.533. The minimum absolute atomic E-state index is 0.0590. The number of ether oxygens (including phenoxy) is 3. The Morgan fingerprint density at radius 2 is 1.86 bits per heavy atom. The van der Waals surface area contributed by atoms with Gasteiger partial charge in [0.15, 0.2) is 0 Å². The maximum Gasteiger partial charge on any atom is 0.234 e. The summed E-state index contributed by atoms with van der Waals surface area (Å²) < 4.78 is 15.7. The van der Waals surface area contributed by atoms with E-state index in [1.165, 1.54) is 0 Å². The van der Waals surface area contributed by atoms with Crippen LogP contribution in [-0.4, -0.2) is 52.5 Å². The standard InChI is InChI=1S/C15H24N2O4/c1-12(10-17-15(18)11-16-8-9-19-2)21-14-6-4-13(20-3)5-7-14/h4-7,12,16H,8-11H2,1-3H3,(H,17,18). The molecule has 0 aromatic heterocycles. The minimum atomic E-state index is -0.110. The summed E-state index contributed by atoms with van der Waals surface area (Å²) in [6, 6.07) is 7.34. The Morgan fingerprint density at radius 1 is 1.19 bits per heavy atom. The smallest absolute Gasteiger partial charge is 0.234 e. The van der Waals surface area contributed by atoms with Gasteiger partial charge in [0.25, 0.3) is 0 Å². The van der Waals surface area contributed by atoms with Gasteiger partial charge in [-0.2, -0.15) is 0 Å². The van der Waals surface area contributed by atoms with Crippen LogP contribution in [0.5, 0.6) is 11.5 Å². The number of hydrogen-bond donors (Lipinski definition) is 2. The first-order chi connectivity index (χ1) is 10.2. The van der Waals surface area contributed by atoms with Crippen molar-refractivity contribution in [1.82, 2.24) is 10.6 Å². The molecule has 6 nitrogen and oxygen atoms in total. The van der Waals surface area contributed by atoms with Crippen molar-refractivity contribution < 1.29 is 19.0 Å². The Balaban J connectivity index is 2.20.